The molecule has 1 saturated heterocycles. The van der Waals surface area contributed by atoms with Gasteiger partial charge in [-0.15, -0.1) is 0 Å². The molecular weight excluding hydrogens is 277 g/mol. The van der Waals surface area contributed by atoms with E-state index in [4.69, 9.17) is 5.11 Å². The van der Waals surface area contributed by atoms with E-state index in [2.05, 4.69) is 0 Å². The number of nitrogens with zero attached hydrogens (tertiary/aromatic N) is 1. The van der Waals surface area contributed by atoms with Crippen LogP contribution in [0.3, 0.4) is 0 Å². The van der Waals surface area contributed by atoms with Crippen LogP contribution < -0.4 is 0 Å². The molecule has 2 rings (SSSR count). The number of rotatable bonds is 3. The molecule has 2 amide bonds. The summed E-state index contributed by atoms with van der Waals surface area (Å²) in [6.07, 6.45) is 0.415. The second-order valence-electron chi connectivity index (χ2n) is 6.00. The maximum Gasteiger partial charge on any atom is 0.335 e. The molecule has 0 radical (unpaired) electrons. The number of aromatic carboxylic acids is 1. The third-order valence-corrected chi connectivity index (χ3v) is 3.48. The van der Waals surface area contributed by atoms with Crippen LogP contribution in [0.1, 0.15) is 42.6 Å². The smallest absolute Gasteiger partial charge is 0.335 e. The number of likely N-dealkylation sites (tertiary alicyclic amines) is 1. The van der Waals surface area contributed by atoms with Crippen LogP contribution in [-0.2, 0) is 16.1 Å². The van der Waals surface area contributed by atoms with Gasteiger partial charge in [-0.25, -0.2) is 9.18 Å². The zero-order chi connectivity index (χ0) is 15.8. The SMILES string of the molecule is CC1(C)CC(=O)N(Cc2cc(C(=O)O)ccc2F)C(=O)C1. The summed E-state index contributed by atoms with van der Waals surface area (Å²) < 4.78 is 13.8. The Morgan fingerprint density at radius 2 is 1.86 bits per heavy atom. The molecule has 0 unspecified atom stereocenters. The summed E-state index contributed by atoms with van der Waals surface area (Å²) in [4.78, 5) is 35.9. The molecule has 0 atom stereocenters. The molecular formula is C15H16FNO4. The largest absolute Gasteiger partial charge is 0.478 e. The summed E-state index contributed by atoms with van der Waals surface area (Å²) in [6.45, 7) is 3.41. The third-order valence-electron chi connectivity index (χ3n) is 3.48. The highest BCUT2D eigenvalue weighted by atomic mass is 19.1. The lowest BCUT2D eigenvalue weighted by atomic mass is 9.81. The first-order valence-electron chi connectivity index (χ1n) is 6.54. The molecule has 5 nitrogen and oxygen atoms in total. The maximum atomic E-state index is 13.8. The Labute approximate surface area is 121 Å². The van der Waals surface area contributed by atoms with Gasteiger partial charge in [-0.2, -0.15) is 0 Å². The number of carboxylic acids is 1. The van der Waals surface area contributed by atoms with Gasteiger partial charge in [0.25, 0.3) is 0 Å². The molecule has 1 fully saturated rings. The normalized spacial score (nSPS) is 18.0. The van der Waals surface area contributed by atoms with E-state index in [0.717, 1.165) is 23.1 Å². The minimum absolute atomic E-state index is 0.0244. The number of imide groups is 1. The van der Waals surface area contributed by atoms with E-state index < -0.39 is 17.2 Å². The summed E-state index contributed by atoms with van der Waals surface area (Å²) in [6, 6.07) is 3.32. The molecule has 0 bridgehead atoms. The fourth-order valence-corrected chi connectivity index (χ4v) is 2.39. The Morgan fingerprint density at radius 1 is 1.29 bits per heavy atom. The summed E-state index contributed by atoms with van der Waals surface area (Å²) in [5, 5.41) is 8.91. The van der Waals surface area contributed by atoms with Gasteiger partial charge in [0.15, 0.2) is 0 Å². The van der Waals surface area contributed by atoms with Crippen LogP contribution >= 0.6 is 0 Å². The van der Waals surface area contributed by atoms with Crippen molar-refractivity contribution in [2.45, 2.75) is 33.2 Å². The first kappa shape index (κ1) is 15.2. The molecule has 1 heterocycles. The molecule has 1 N–H and O–H groups in total. The van der Waals surface area contributed by atoms with E-state index in [1.165, 1.54) is 0 Å². The van der Waals surface area contributed by atoms with E-state index in [1.807, 2.05) is 13.8 Å². The summed E-state index contributed by atoms with van der Waals surface area (Å²) in [5.74, 6) is -2.55. The first-order chi connectivity index (χ1) is 9.69. The molecule has 0 aromatic heterocycles. The van der Waals surface area contributed by atoms with Gasteiger partial charge in [0.1, 0.15) is 5.82 Å². The number of piperidine rings is 1. The van der Waals surface area contributed by atoms with E-state index in [1.54, 1.807) is 0 Å². The molecule has 1 aromatic rings. The Balaban J connectivity index is 2.26. The average Bonchev–Trinajstić information content (AvgIpc) is 2.34. The summed E-state index contributed by atoms with van der Waals surface area (Å²) >= 11 is 0. The number of carbonyl (C=O) groups is 3. The predicted octanol–water partition coefficient (Wildman–Crippen LogP) is 2.20. The van der Waals surface area contributed by atoms with Gasteiger partial charge >= 0.3 is 5.97 Å². The Bertz CT molecular complexity index is 604. The average molecular weight is 293 g/mol. The Hall–Kier alpha value is -2.24. The van der Waals surface area contributed by atoms with Gasteiger partial charge < -0.3 is 5.11 Å². The molecule has 112 valence electrons. The van der Waals surface area contributed by atoms with Crippen molar-refractivity contribution in [3.8, 4) is 0 Å². The number of hydrogen-bond donors (Lipinski definition) is 1. The maximum absolute atomic E-state index is 13.8. The van der Waals surface area contributed by atoms with Crippen LogP contribution in [0.15, 0.2) is 18.2 Å². The van der Waals surface area contributed by atoms with Crippen molar-refractivity contribution in [1.82, 2.24) is 4.90 Å². The first-order valence-corrected chi connectivity index (χ1v) is 6.54. The lowest BCUT2D eigenvalue weighted by Gasteiger charge is -2.34. The highest BCUT2D eigenvalue weighted by molar-refractivity contribution is 5.98. The molecule has 6 heteroatoms. The third kappa shape index (κ3) is 3.26. The van der Waals surface area contributed by atoms with Gasteiger partial charge in [-0.3, -0.25) is 14.5 Å². The monoisotopic (exact) mass is 293 g/mol. The molecule has 1 aromatic carbocycles. The molecule has 1 aliphatic heterocycles. The van der Waals surface area contributed by atoms with E-state index in [0.29, 0.717) is 0 Å². The van der Waals surface area contributed by atoms with E-state index >= 15 is 0 Å². The van der Waals surface area contributed by atoms with Gasteiger partial charge in [-0.1, -0.05) is 13.8 Å². The summed E-state index contributed by atoms with van der Waals surface area (Å²) in [5.41, 5.74) is -0.452. The molecule has 21 heavy (non-hydrogen) atoms. The van der Waals surface area contributed by atoms with Crippen molar-refractivity contribution in [1.29, 1.82) is 0 Å². The highest BCUT2D eigenvalue weighted by Gasteiger charge is 2.37. The zero-order valence-electron chi connectivity index (χ0n) is 11.9. The van der Waals surface area contributed by atoms with Crippen LogP contribution in [0.25, 0.3) is 0 Å². The van der Waals surface area contributed by atoms with E-state index in [-0.39, 0.29) is 42.3 Å². The molecule has 1 aliphatic rings. The fourth-order valence-electron chi connectivity index (χ4n) is 2.39. The number of halogens is 1. The Morgan fingerprint density at radius 3 is 2.38 bits per heavy atom. The van der Waals surface area contributed by atoms with Crippen molar-refractivity contribution < 1.29 is 23.9 Å². The topological polar surface area (TPSA) is 74.7 Å². The van der Waals surface area contributed by atoms with Gasteiger partial charge in [-0.05, 0) is 23.6 Å². The lowest BCUT2D eigenvalue weighted by molar-refractivity contribution is -0.153. The number of hydrogen-bond acceptors (Lipinski definition) is 3. The van der Waals surface area contributed by atoms with Crippen LogP contribution in [0.5, 0.6) is 0 Å². The van der Waals surface area contributed by atoms with Gasteiger partial charge in [0, 0.05) is 18.4 Å². The van der Waals surface area contributed by atoms with Crippen molar-refractivity contribution >= 4 is 17.8 Å². The molecule has 0 aliphatic carbocycles. The van der Waals surface area contributed by atoms with Gasteiger partial charge in [0.05, 0.1) is 12.1 Å². The lowest BCUT2D eigenvalue weighted by Crippen LogP contribution is -2.45. The summed E-state index contributed by atoms with van der Waals surface area (Å²) in [7, 11) is 0. The zero-order valence-corrected chi connectivity index (χ0v) is 11.9. The minimum atomic E-state index is -1.19. The quantitative estimate of drug-likeness (QED) is 0.867. The minimum Gasteiger partial charge on any atom is -0.478 e. The number of amides is 2. The second kappa shape index (κ2) is 5.27. The number of benzene rings is 1. The Kier molecular flexibility index (Phi) is 3.80. The van der Waals surface area contributed by atoms with Crippen molar-refractivity contribution in [2.75, 3.05) is 0 Å². The van der Waals surface area contributed by atoms with Crippen molar-refractivity contribution in [2.24, 2.45) is 5.41 Å². The predicted molar refractivity (Wildman–Crippen MR) is 71.9 cm³/mol. The standard InChI is InChI=1S/C15H16FNO4/c1-15(2)6-12(18)17(13(19)7-15)8-10-5-9(14(20)21)3-4-11(10)16/h3-5H,6-8H2,1-2H3,(H,20,21). The number of carboxylic acid groups (broad SMARTS) is 1. The fraction of sp³-hybridized carbons (Fsp3) is 0.400. The second-order valence-corrected chi connectivity index (χ2v) is 6.00. The van der Waals surface area contributed by atoms with Crippen molar-refractivity contribution in [3.63, 3.8) is 0 Å². The molecule has 0 saturated carbocycles. The van der Waals surface area contributed by atoms with Crippen LogP contribution in [0.4, 0.5) is 4.39 Å². The van der Waals surface area contributed by atoms with Crippen molar-refractivity contribution in [3.05, 3.63) is 35.1 Å². The highest BCUT2D eigenvalue weighted by Crippen LogP contribution is 2.32. The van der Waals surface area contributed by atoms with Gasteiger partial charge in [0.2, 0.25) is 11.8 Å². The molecule has 0 spiro atoms. The van der Waals surface area contributed by atoms with Crippen LogP contribution in [-0.4, -0.2) is 27.8 Å². The van der Waals surface area contributed by atoms with E-state index in [9.17, 15) is 18.8 Å². The van der Waals surface area contributed by atoms with Crippen LogP contribution in [0, 0.1) is 11.2 Å². The number of carbonyl (C=O) groups excluding carboxylic acids is 2. The van der Waals surface area contributed by atoms with Crippen LogP contribution in [0.2, 0.25) is 0 Å².